The third-order valence-corrected chi connectivity index (χ3v) is 5.70. The highest BCUT2D eigenvalue weighted by Crippen LogP contribution is 2.32. The van der Waals surface area contributed by atoms with Gasteiger partial charge in [-0.1, -0.05) is 0 Å². The average molecular weight is 512 g/mol. The Morgan fingerprint density at radius 1 is 1.00 bits per heavy atom. The molecule has 4 rings (SSSR count). The Morgan fingerprint density at radius 2 is 1.70 bits per heavy atom. The number of aryl methyl sites for hydroxylation is 1. The number of nitrogens with zero attached hydrogens (tertiary/aromatic N) is 4. The van der Waals surface area contributed by atoms with Crippen molar-refractivity contribution in [2.45, 2.75) is 6.92 Å². The van der Waals surface area contributed by atoms with E-state index in [9.17, 15) is 5.11 Å². The first kappa shape index (κ1) is 20.3. The van der Waals surface area contributed by atoms with E-state index in [1.54, 1.807) is 12.3 Å². The third kappa shape index (κ3) is 3.89. The number of phenols is 1. The number of fused-ring (bicyclic) bond motifs is 2. The highest BCUT2D eigenvalue weighted by Gasteiger charge is 2.09. The standard InChI is InChI=1S/C23H21IN4O2/c1-13-7-19-21(27-20-10-15(28(2)3)5-6-17(20)26-19)11-18(13)25-12-14-8-16(24)23(29)22(9-14)30-4/h5-12,29H,1-4H3. The summed E-state index contributed by atoms with van der Waals surface area (Å²) in [4.78, 5) is 16.3. The second-order valence-corrected chi connectivity index (χ2v) is 8.39. The van der Waals surface area contributed by atoms with E-state index in [4.69, 9.17) is 14.7 Å². The van der Waals surface area contributed by atoms with E-state index >= 15 is 0 Å². The number of anilines is 1. The van der Waals surface area contributed by atoms with Crippen molar-refractivity contribution in [1.82, 2.24) is 9.97 Å². The number of benzene rings is 3. The number of aromatic nitrogens is 2. The Kier molecular flexibility index (Phi) is 5.46. The molecule has 4 aromatic rings. The fraction of sp³-hybridized carbons (Fsp3) is 0.174. The maximum absolute atomic E-state index is 10.0. The first-order chi connectivity index (χ1) is 14.4. The number of aromatic hydroxyl groups is 1. The van der Waals surface area contributed by atoms with Gasteiger partial charge in [0.15, 0.2) is 11.5 Å². The summed E-state index contributed by atoms with van der Waals surface area (Å²) in [5, 5.41) is 10.0. The van der Waals surface area contributed by atoms with Gasteiger partial charge in [-0.15, -0.1) is 0 Å². The van der Waals surface area contributed by atoms with Crippen LogP contribution in [0.15, 0.2) is 47.5 Å². The fourth-order valence-electron chi connectivity index (χ4n) is 3.19. The molecule has 7 heteroatoms. The van der Waals surface area contributed by atoms with Crippen LogP contribution in [-0.2, 0) is 0 Å². The van der Waals surface area contributed by atoms with Gasteiger partial charge in [-0.2, -0.15) is 0 Å². The molecule has 1 N–H and O–H groups in total. The zero-order valence-corrected chi connectivity index (χ0v) is 19.3. The van der Waals surface area contributed by atoms with Crippen LogP contribution in [0.4, 0.5) is 11.4 Å². The van der Waals surface area contributed by atoms with Crippen LogP contribution in [0.2, 0.25) is 0 Å². The maximum atomic E-state index is 10.0. The van der Waals surface area contributed by atoms with Crippen LogP contribution in [-0.4, -0.2) is 42.5 Å². The molecule has 0 aliphatic carbocycles. The molecule has 3 aromatic carbocycles. The highest BCUT2D eigenvalue weighted by molar-refractivity contribution is 14.1. The van der Waals surface area contributed by atoms with Crippen LogP contribution in [0.3, 0.4) is 0 Å². The van der Waals surface area contributed by atoms with Gasteiger partial charge in [-0.05, 0) is 83.1 Å². The fourth-order valence-corrected chi connectivity index (χ4v) is 3.82. The van der Waals surface area contributed by atoms with Crippen molar-refractivity contribution in [3.8, 4) is 11.5 Å². The number of phenolic OH excluding ortho intramolecular Hbond substituents is 1. The van der Waals surface area contributed by atoms with E-state index in [1.807, 2.05) is 62.3 Å². The van der Waals surface area contributed by atoms with Crippen molar-refractivity contribution in [2.24, 2.45) is 4.99 Å². The lowest BCUT2D eigenvalue weighted by Gasteiger charge is -2.13. The van der Waals surface area contributed by atoms with E-state index in [0.29, 0.717) is 9.32 Å². The summed E-state index contributed by atoms with van der Waals surface area (Å²) in [6.45, 7) is 2.01. The lowest BCUT2D eigenvalue weighted by Crippen LogP contribution is -2.08. The zero-order chi connectivity index (χ0) is 21.4. The van der Waals surface area contributed by atoms with Gasteiger partial charge >= 0.3 is 0 Å². The molecule has 0 atom stereocenters. The number of rotatable bonds is 4. The molecule has 152 valence electrons. The molecule has 6 nitrogen and oxygen atoms in total. The van der Waals surface area contributed by atoms with E-state index in [0.717, 1.165) is 44.6 Å². The van der Waals surface area contributed by atoms with Crippen LogP contribution >= 0.6 is 22.6 Å². The summed E-state index contributed by atoms with van der Waals surface area (Å²) in [5.74, 6) is 0.559. The maximum Gasteiger partial charge on any atom is 0.171 e. The zero-order valence-electron chi connectivity index (χ0n) is 17.1. The number of hydrogen-bond donors (Lipinski definition) is 1. The monoisotopic (exact) mass is 512 g/mol. The van der Waals surface area contributed by atoms with E-state index in [2.05, 4.69) is 27.6 Å². The molecule has 0 bridgehead atoms. The second-order valence-electron chi connectivity index (χ2n) is 7.23. The predicted octanol–water partition coefficient (Wildman–Crippen LogP) is 5.23. The minimum Gasteiger partial charge on any atom is -0.504 e. The first-order valence-corrected chi connectivity index (χ1v) is 10.4. The van der Waals surface area contributed by atoms with Gasteiger partial charge in [0.1, 0.15) is 0 Å². The van der Waals surface area contributed by atoms with Crippen LogP contribution in [0.5, 0.6) is 11.5 Å². The molecule has 0 aliphatic heterocycles. The molecular weight excluding hydrogens is 491 g/mol. The van der Waals surface area contributed by atoms with Crippen molar-refractivity contribution in [2.75, 3.05) is 26.1 Å². The smallest absolute Gasteiger partial charge is 0.171 e. The number of methoxy groups -OCH3 is 1. The van der Waals surface area contributed by atoms with Crippen LogP contribution in [0.25, 0.3) is 22.1 Å². The van der Waals surface area contributed by atoms with Crippen molar-refractivity contribution in [3.05, 3.63) is 57.2 Å². The first-order valence-electron chi connectivity index (χ1n) is 9.36. The molecule has 0 amide bonds. The summed E-state index contributed by atoms with van der Waals surface area (Å²) >= 11 is 2.07. The molecule has 0 saturated heterocycles. The Hall–Kier alpha value is -2.94. The summed E-state index contributed by atoms with van der Waals surface area (Å²) < 4.78 is 5.94. The lowest BCUT2D eigenvalue weighted by atomic mass is 10.1. The van der Waals surface area contributed by atoms with Gasteiger partial charge in [0, 0.05) is 26.0 Å². The van der Waals surface area contributed by atoms with Crippen LogP contribution < -0.4 is 9.64 Å². The van der Waals surface area contributed by atoms with E-state index in [1.165, 1.54) is 7.11 Å². The molecule has 0 radical (unpaired) electrons. The van der Waals surface area contributed by atoms with Crippen LogP contribution in [0, 0.1) is 10.5 Å². The minimum atomic E-state index is 0.136. The topological polar surface area (TPSA) is 70.8 Å². The van der Waals surface area contributed by atoms with Gasteiger partial charge < -0.3 is 14.7 Å². The van der Waals surface area contributed by atoms with E-state index in [-0.39, 0.29) is 5.75 Å². The van der Waals surface area contributed by atoms with Gasteiger partial charge in [-0.25, -0.2) is 9.97 Å². The molecular formula is C23H21IN4O2. The molecule has 0 spiro atoms. The predicted molar refractivity (Wildman–Crippen MR) is 131 cm³/mol. The molecule has 0 unspecified atom stereocenters. The quantitative estimate of drug-likeness (QED) is 0.231. The second kappa shape index (κ2) is 8.06. The highest BCUT2D eigenvalue weighted by atomic mass is 127. The lowest BCUT2D eigenvalue weighted by molar-refractivity contribution is 0.371. The molecule has 0 fully saturated rings. The Morgan fingerprint density at radius 3 is 2.43 bits per heavy atom. The van der Waals surface area contributed by atoms with Crippen molar-refractivity contribution in [3.63, 3.8) is 0 Å². The molecule has 0 aliphatic rings. The normalized spacial score (nSPS) is 11.5. The van der Waals surface area contributed by atoms with Crippen molar-refractivity contribution >= 4 is 62.2 Å². The Labute approximate surface area is 188 Å². The number of ether oxygens (including phenoxy) is 1. The summed E-state index contributed by atoms with van der Waals surface area (Å²) in [6.07, 6.45) is 1.76. The summed E-state index contributed by atoms with van der Waals surface area (Å²) in [7, 11) is 5.54. The number of hydrogen-bond acceptors (Lipinski definition) is 6. The molecule has 1 aromatic heterocycles. The molecule has 1 heterocycles. The Bertz CT molecular complexity index is 1300. The Balaban J connectivity index is 1.77. The van der Waals surface area contributed by atoms with Gasteiger partial charge in [0.25, 0.3) is 0 Å². The molecule has 0 saturated carbocycles. The summed E-state index contributed by atoms with van der Waals surface area (Å²) in [6, 6.07) is 13.7. The third-order valence-electron chi connectivity index (χ3n) is 4.87. The SMILES string of the molecule is COc1cc(C=Nc2cc3nc4cc(N(C)C)ccc4nc3cc2C)cc(I)c1O. The van der Waals surface area contributed by atoms with Gasteiger partial charge in [0.2, 0.25) is 0 Å². The van der Waals surface area contributed by atoms with E-state index < -0.39 is 0 Å². The number of aliphatic imine (C=N–C) groups is 1. The van der Waals surface area contributed by atoms with Crippen molar-refractivity contribution in [1.29, 1.82) is 0 Å². The largest absolute Gasteiger partial charge is 0.504 e. The molecule has 30 heavy (non-hydrogen) atoms. The minimum absolute atomic E-state index is 0.136. The van der Waals surface area contributed by atoms with Gasteiger partial charge in [0.05, 0.1) is 38.4 Å². The number of halogens is 1. The summed E-state index contributed by atoms with van der Waals surface area (Å²) in [5.41, 5.74) is 7.12. The average Bonchev–Trinajstić information content (AvgIpc) is 2.72. The van der Waals surface area contributed by atoms with Crippen molar-refractivity contribution < 1.29 is 9.84 Å². The van der Waals surface area contributed by atoms with Gasteiger partial charge in [-0.3, -0.25) is 4.99 Å². The van der Waals surface area contributed by atoms with Crippen LogP contribution in [0.1, 0.15) is 11.1 Å².